The number of hydrogen-bond donors (Lipinski definition) is 1. The quantitative estimate of drug-likeness (QED) is 0.425. The van der Waals surface area contributed by atoms with Crippen molar-refractivity contribution >= 4 is 23.1 Å². The molecule has 48 valence electrons. The second-order valence-corrected chi connectivity index (χ2v) is 1.47. The molecule has 8 heavy (non-hydrogen) atoms. The van der Waals surface area contributed by atoms with E-state index in [2.05, 4.69) is 0 Å². The fraction of sp³-hybridized carbons (Fsp3) is 1.00. The van der Waals surface area contributed by atoms with Gasteiger partial charge in [0.05, 0.1) is 0 Å². The Morgan fingerprint density at radius 2 is 2.12 bits per heavy atom. The lowest BCUT2D eigenvalue weighted by Gasteiger charge is -2.02. The molecular formula is C5H14MgO2. The average molecular weight is 130 g/mol. The first kappa shape index (κ1) is 11.5. The lowest BCUT2D eigenvalue weighted by molar-refractivity contribution is -0.0846. The molecule has 0 spiro atoms. The summed E-state index contributed by atoms with van der Waals surface area (Å²) >= 11 is 0. The molecule has 0 aromatic rings. The van der Waals surface area contributed by atoms with Gasteiger partial charge in [-0.05, 0) is 13.3 Å². The van der Waals surface area contributed by atoms with Crippen molar-refractivity contribution in [2.75, 3.05) is 6.61 Å². The Balaban J connectivity index is 0. The summed E-state index contributed by atoms with van der Waals surface area (Å²) in [5.41, 5.74) is 0. The van der Waals surface area contributed by atoms with Crippen LogP contribution in [0, 0.1) is 0 Å². The molecule has 0 aromatic carbocycles. The van der Waals surface area contributed by atoms with E-state index in [1.807, 2.05) is 6.92 Å². The average Bonchev–Trinajstić information content (AvgIpc) is 1.61. The number of aliphatic hydroxyl groups is 1. The third-order valence-electron chi connectivity index (χ3n) is 0.563. The molecule has 0 bridgehead atoms. The highest BCUT2D eigenvalue weighted by Crippen LogP contribution is 1.84. The third kappa shape index (κ3) is 9.84. The first-order valence-corrected chi connectivity index (χ1v) is 2.57. The molecule has 0 rings (SSSR count). The Morgan fingerprint density at radius 1 is 1.62 bits per heavy atom. The topological polar surface area (TPSA) is 29.5 Å². The molecule has 1 atom stereocenters. The van der Waals surface area contributed by atoms with Gasteiger partial charge in [0.25, 0.3) is 0 Å². The standard InChI is InChI=1S/C5H12O2.Mg.2H/c1-3-4-7-5(2)6;;;/h5-6H,3-4H2,1-2H3;;;. The Bertz CT molecular complexity index is 39.4. The molecule has 0 aliphatic carbocycles. The Labute approximate surface area is 66.4 Å². The van der Waals surface area contributed by atoms with E-state index in [9.17, 15) is 0 Å². The molecule has 0 aliphatic heterocycles. The van der Waals surface area contributed by atoms with Crippen LogP contribution < -0.4 is 0 Å². The molecule has 0 heterocycles. The lowest BCUT2D eigenvalue weighted by atomic mass is 10.5. The van der Waals surface area contributed by atoms with Gasteiger partial charge in [-0.2, -0.15) is 0 Å². The van der Waals surface area contributed by atoms with E-state index < -0.39 is 6.29 Å². The van der Waals surface area contributed by atoms with Crippen LogP contribution in [0.5, 0.6) is 0 Å². The zero-order chi connectivity index (χ0) is 5.70. The minimum Gasteiger partial charge on any atom is -0.368 e. The Hall–Kier alpha value is 0.686. The van der Waals surface area contributed by atoms with Crippen LogP contribution in [-0.2, 0) is 4.74 Å². The molecule has 3 heteroatoms. The van der Waals surface area contributed by atoms with Crippen molar-refractivity contribution in [3.8, 4) is 0 Å². The summed E-state index contributed by atoms with van der Waals surface area (Å²) in [5, 5.41) is 8.46. The molecule has 1 N–H and O–H groups in total. The summed E-state index contributed by atoms with van der Waals surface area (Å²) in [6.07, 6.45) is 0.366. The van der Waals surface area contributed by atoms with Gasteiger partial charge in [-0.15, -0.1) is 0 Å². The summed E-state index contributed by atoms with van der Waals surface area (Å²) in [4.78, 5) is 0. The highest BCUT2D eigenvalue weighted by molar-refractivity contribution is 5.75. The number of aliphatic hydroxyl groups excluding tert-OH is 1. The fourth-order valence-corrected chi connectivity index (χ4v) is 0.288. The molecular weight excluding hydrogens is 116 g/mol. The molecule has 0 aliphatic rings. The number of ether oxygens (including phenoxy) is 1. The van der Waals surface area contributed by atoms with Gasteiger partial charge in [0.1, 0.15) is 0 Å². The van der Waals surface area contributed by atoms with Crippen molar-refractivity contribution < 1.29 is 9.84 Å². The van der Waals surface area contributed by atoms with E-state index in [4.69, 9.17) is 9.84 Å². The zero-order valence-electron chi connectivity index (χ0n) is 4.85. The Kier molecular flexibility index (Phi) is 11.0. The van der Waals surface area contributed by atoms with Gasteiger partial charge >= 0.3 is 23.1 Å². The zero-order valence-corrected chi connectivity index (χ0v) is 4.85. The predicted molar refractivity (Wildman–Crippen MR) is 36.5 cm³/mol. The maximum Gasteiger partial charge on any atom is 0.316 e. The van der Waals surface area contributed by atoms with Gasteiger partial charge in [0, 0.05) is 6.61 Å². The van der Waals surface area contributed by atoms with Gasteiger partial charge < -0.3 is 9.84 Å². The molecule has 0 aromatic heterocycles. The van der Waals surface area contributed by atoms with Gasteiger partial charge in [-0.1, -0.05) is 6.92 Å². The first-order chi connectivity index (χ1) is 3.27. The molecule has 0 amide bonds. The van der Waals surface area contributed by atoms with Crippen LogP contribution in [0.15, 0.2) is 0 Å². The molecule has 0 saturated heterocycles. The molecule has 0 radical (unpaired) electrons. The van der Waals surface area contributed by atoms with Crippen LogP contribution in [-0.4, -0.2) is 41.1 Å². The summed E-state index contributed by atoms with van der Waals surface area (Å²) in [6.45, 7) is 4.26. The maximum absolute atomic E-state index is 8.46. The highest BCUT2D eigenvalue weighted by Gasteiger charge is 1.88. The van der Waals surface area contributed by atoms with Gasteiger partial charge in [-0.3, -0.25) is 0 Å². The van der Waals surface area contributed by atoms with E-state index in [1.54, 1.807) is 6.92 Å². The van der Waals surface area contributed by atoms with Crippen molar-refractivity contribution in [1.29, 1.82) is 0 Å². The summed E-state index contributed by atoms with van der Waals surface area (Å²) in [7, 11) is 0. The van der Waals surface area contributed by atoms with Crippen LogP contribution in [0.25, 0.3) is 0 Å². The second kappa shape index (κ2) is 7.69. The van der Waals surface area contributed by atoms with Gasteiger partial charge in [0.2, 0.25) is 0 Å². The van der Waals surface area contributed by atoms with Crippen LogP contribution in [0.2, 0.25) is 0 Å². The van der Waals surface area contributed by atoms with Crippen molar-refractivity contribution in [3.05, 3.63) is 0 Å². The van der Waals surface area contributed by atoms with Gasteiger partial charge in [-0.25, -0.2) is 0 Å². The van der Waals surface area contributed by atoms with Crippen LogP contribution in [0.4, 0.5) is 0 Å². The van der Waals surface area contributed by atoms with Crippen LogP contribution in [0.1, 0.15) is 20.3 Å². The van der Waals surface area contributed by atoms with Crippen molar-refractivity contribution in [1.82, 2.24) is 0 Å². The van der Waals surface area contributed by atoms with Crippen molar-refractivity contribution in [2.24, 2.45) is 0 Å². The highest BCUT2D eigenvalue weighted by atomic mass is 24.3. The normalized spacial score (nSPS) is 12.4. The molecule has 2 nitrogen and oxygen atoms in total. The third-order valence-corrected chi connectivity index (χ3v) is 0.563. The van der Waals surface area contributed by atoms with E-state index in [-0.39, 0.29) is 23.1 Å². The molecule has 1 unspecified atom stereocenters. The predicted octanol–water partition coefficient (Wildman–Crippen LogP) is -0.165. The van der Waals surface area contributed by atoms with Gasteiger partial charge in [0.15, 0.2) is 6.29 Å². The summed E-state index contributed by atoms with van der Waals surface area (Å²) < 4.78 is 4.75. The SMILES string of the molecule is CCCOC(C)O.[MgH2]. The second-order valence-electron chi connectivity index (χ2n) is 1.47. The minimum atomic E-state index is -0.597. The number of rotatable bonds is 3. The van der Waals surface area contributed by atoms with E-state index in [0.717, 1.165) is 6.42 Å². The number of hydrogen-bond acceptors (Lipinski definition) is 2. The first-order valence-electron chi connectivity index (χ1n) is 2.57. The lowest BCUT2D eigenvalue weighted by Crippen LogP contribution is -2.05. The molecule has 0 fully saturated rings. The van der Waals surface area contributed by atoms with Crippen LogP contribution in [0.3, 0.4) is 0 Å². The maximum atomic E-state index is 8.46. The van der Waals surface area contributed by atoms with Crippen LogP contribution >= 0.6 is 0 Å². The monoisotopic (exact) mass is 130 g/mol. The molecule has 0 saturated carbocycles. The smallest absolute Gasteiger partial charge is 0.316 e. The summed E-state index contributed by atoms with van der Waals surface area (Å²) in [6, 6.07) is 0. The van der Waals surface area contributed by atoms with E-state index in [0.29, 0.717) is 6.61 Å². The van der Waals surface area contributed by atoms with E-state index in [1.165, 1.54) is 0 Å². The summed E-state index contributed by atoms with van der Waals surface area (Å²) in [5.74, 6) is 0. The minimum absolute atomic E-state index is 0. The Morgan fingerprint density at radius 3 is 2.25 bits per heavy atom. The fourth-order valence-electron chi connectivity index (χ4n) is 0.288. The van der Waals surface area contributed by atoms with Crippen molar-refractivity contribution in [3.63, 3.8) is 0 Å². The van der Waals surface area contributed by atoms with E-state index >= 15 is 0 Å². The van der Waals surface area contributed by atoms with Crippen molar-refractivity contribution in [2.45, 2.75) is 26.6 Å². The largest absolute Gasteiger partial charge is 0.368 e.